The SMILES string of the molecule is COc1cccc(-n2cc(C(=O)Nc3ccc(OC)nc3)c3ccccc3c2=O)c1. The van der Waals surface area contributed by atoms with Gasteiger partial charge in [-0.15, -0.1) is 0 Å². The van der Waals surface area contributed by atoms with Crippen LogP contribution in [0.2, 0.25) is 0 Å². The number of hydrogen-bond acceptors (Lipinski definition) is 5. The van der Waals surface area contributed by atoms with Crippen LogP contribution < -0.4 is 20.3 Å². The number of anilines is 1. The normalized spacial score (nSPS) is 10.6. The number of aromatic nitrogens is 2. The van der Waals surface area contributed by atoms with Crippen LogP contribution in [0.3, 0.4) is 0 Å². The molecule has 0 unspecified atom stereocenters. The first-order chi connectivity index (χ1) is 14.6. The number of fused-ring (bicyclic) bond motifs is 1. The van der Waals surface area contributed by atoms with Crippen molar-refractivity contribution < 1.29 is 14.3 Å². The van der Waals surface area contributed by atoms with Crippen LogP contribution in [-0.4, -0.2) is 29.7 Å². The number of amides is 1. The molecule has 4 aromatic rings. The number of pyridine rings is 2. The monoisotopic (exact) mass is 401 g/mol. The van der Waals surface area contributed by atoms with Crippen LogP contribution in [0.4, 0.5) is 5.69 Å². The van der Waals surface area contributed by atoms with E-state index in [1.165, 1.54) is 17.9 Å². The van der Waals surface area contributed by atoms with Gasteiger partial charge in [0.15, 0.2) is 0 Å². The van der Waals surface area contributed by atoms with Crippen LogP contribution >= 0.6 is 0 Å². The average molecular weight is 401 g/mol. The quantitative estimate of drug-likeness (QED) is 0.552. The van der Waals surface area contributed by atoms with Gasteiger partial charge in [-0.05, 0) is 24.3 Å². The predicted molar refractivity (Wildman–Crippen MR) is 115 cm³/mol. The highest BCUT2D eigenvalue weighted by Crippen LogP contribution is 2.21. The fraction of sp³-hybridized carbons (Fsp3) is 0.0870. The second-order valence-electron chi connectivity index (χ2n) is 6.51. The fourth-order valence-corrected chi connectivity index (χ4v) is 3.20. The van der Waals surface area contributed by atoms with E-state index < -0.39 is 0 Å². The minimum Gasteiger partial charge on any atom is -0.497 e. The van der Waals surface area contributed by atoms with Gasteiger partial charge in [-0.1, -0.05) is 24.3 Å². The molecule has 0 aliphatic carbocycles. The molecule has 1 N–H and O–H groups in total. The number of nitrogens with one attached hydrogen (secondary N) is 1. The summed E-state index contributed by atoms with van der Waals surface area (Å²) in [4.78, 5) is 30.3. The molecular formula is C23H19N3O4. The number of hydrogen-bond donors (Lipinski definition) is 1. The summed E-state index contributed by atoms with van der Waals surface area (Å²) in [5, 5.41) is 3.84. The van der Waals surface area contributed by atoms with E-state index in [2.05, 4.69) is 10.3 Å². The Bertz CT molecular complexity index is 1280. The third kappa shape index (κ3) is 3.60. The number of rotatable bonds is 5. The van der Waals surface area contributed by atoms with Gasteiger partial charge in [0.1, 0.15) is 5.75 Å². The van der Waals surface area contributed by atoms with Gasteiger partial charge in [0, 0.05) is 29.1 Å². The van der Waals surface area contributed by atoms with E-state index in [1.807, 2.05) is 0 Å². The number of carbonyl (C=O) groups excluding carboxylic acids is 1. The molecular weight excluding hydrogens is 382 g/mol. The first-order valence-electron chi connectivity index (χ1n) is 9.21. The van der Waals surface area contributed by atoms with Crippen molar-refractivity contribution in [2.45, 2.75) is 0 Å². The van der Waals surface area contributed by atoms with Crippen LogP contribution in [0.1, 0.15) is 10.4 Å². The second kappa shape index (κ2) is 8.08. The highest BCUT2D eigenvalue weighted by molar-refractivity contribution is 6.12. The molecule has 0 spiro atoms. The van der Waals surface area contributed by atoms with Gasteiger partial charge in [-0.25, -0.2) is 4.98 Å². The first-order valence-corrected chi connectivity index (χ1v) is 9.21. The van der Waals surface area contributed by atoms with Crippen molar-refractivity contribution in [3.63, 3.8) is 0 Å². The number of ether oxygens (including phenoxy) is 2. The molecule has 0 atom stereocenters. The van der Waals surface area contributed by atoms with E-state index >= 15 is 0 Å². The Morgan fingerprint density at radius 1 is 0.967 bits per heavy atom. The topological polar surface area (TPSA) is 82.4 Å². The molecule has 7 heteroatoms. The van der Waals surface area contributed by atoms with Gasteiger partial charge >= 0.3 is 0 Å². The summed E-state index contributed by atoms with van der Waals surface area (Å²) in [5.74, 6) is 0.711. The average Bonchev–Trinajstić information content (AvgIpc) is 2.80. The lowest BCUT2D eigenvalue weighted by Gasteiger charge is -2.13. The molecule has 150 valence electrons. The highest BCUT2D eigenvalue weighted by atomic mass is 16.5. The maximum atomic E-state index is 13.1. The van der Waals surface area contributed by atoms with Gasteiger partial charge in [-0.3, -0.25) is 14.2 Å². The van der Waals surface area contributed by atoms with Crippen LogP contribution in [0.5, 0.6) is 11.6 Å². The summed E-state index contributed by atoms with van der Waals surface area (Å²) >= 11 is 0. The molecule has 0 bridgehead atoms. The van der Waals surface area contributed by atoms with Crippen molar-refractivity contribution in [1.29, 1.82) is 0 Å². The van der Waals surface area contributed by atoms with Crippen LogP contribution in [0, 0.1) is 0 Å². The molecule has 2 aromatic carbocycles. The fourth-order valence-electron chi connectivity index (χ4n) is 3.20. The van der Waals surface area contributed by atoms with Gasteiger partial charge in [0.25, 0.3) is 11.5 Å². The minimum atomic E-state index is -0.352. The van der Waals surface area contributed by atoms with Gasteiger partial charge in [0.2, 0.25) is 5.88 Å². The zero-order valence-corrected chi connectivity index (χ0v) is 16.5. The first kappa shape index (κ1) is 19.2. The smallest absolute Gasteiger partial charge is 0.262 e. The Balaban J connectivity index is 1.82. The molecule has 0 aliphatic rings. The number of benzene rings is 2. The van der Waals surface area contributed by atoms with E-state index in [-0.39, 0.29) is 11.5 Å². The summed E-state index contributed by atoms with van der Waals surface area (Å²) in [6.45, 7) is 0. The van der Waals surface area contributed by atoms with Crippen molar-refractivity contribution in [2.75, 3.05) is 19.5 Å². The molecule has 0 saturated carbocycles. The molecule has 0 aliphatic heterocycles. The van der Waals surface area contributed by atoms with Crippen molar-refractivity contribution in [3.05, 3.63) is 89.0 Å². The second-order valence-corrected chi connectivity index (χ2v) is 6.51. The lowest BCUT2D eigenvalue weighted by atomic mass is 10.1. The largest absolute Gasteiger partial charge is 0.497 e. The maximum absolute atomic E-state index is 13.1. The van der Waals surface area contributed by atoms with E-state index in [4.69, 9.17) is 9.47 Å². The molecule has 7 nitrogen and oxygen atoms in total. The Hall–Kier alpha value is -4.13. The lowest BCUT2D eigenvalue weighted by molar-refractivity contribution is 0.102. The predicted octanol–water partition coefficient (Wildman–Crippen LogP) is 3.66. The molecule has 4 rings (SSSR count). The standard InChI is InChI=1S/C23H19N3O4/c1-29-17-7-5-6-16(12-17)26-14-20(18-8-3-4-9-19(18)23(26)28)22(27)25-15-10-11-21(30-2)24-13-15/h3-14H,1-2H3,(H,25,27). The van der Waals surface area contributed by atoms with E-state index in [1.54, 1.807) is 74.0 Å². The Morgan fingerprint density at radius 3 is 2.47 bits per heavy atom. The van der Waals surface area contributed by atoms with Crippen molar-refractivity contribution >= 4 is 22.4 Å². The number of methoxy groups -OCH3 is 2. The molecule has 0 saturated heterocycles. The Labute approximate surface area is 172 Å². The summed E-state index contributed by atoms with van der Waals surface area (Å²) < 4.78 is 11.8. The van der Waals surface area contributed by atoms with Crippen molar-refractivity contribution in [1.82, 2.24) is 9.55 Å². The van der Waals surface area contributed by atoms with E-state index in [0.717, 1.165) is 0 Å². The molecule has 2 heterocycles. The third-order valence-corrected chi connectivity index (χ3v) is 4.70. The molecule has 2 aromatic heterocycles. The summed E-state index contributed by atoms with van der Waals surface area (Å²) in [6, 6.07) is 17.5. The van der Waals surface area contributed by atoms with Crippen LogP contribution in [-0.2, 0) is 0 Å². The summed E-state index contributed by atoms with van der Waals surface area (Å²) in [7, 11) is 3.08. The van der Waals surface area contributed by atoms with Crippen LogP contribution in [0.15, 0.2) is 77.9 Å². The summed E-state index contributed by atoms with van der Waals surface area (Å²) in [5.41, 5.74) is 1.26. The maximum Gasteiger partial charge on any atom is 0.262 e. The summed E-state index contributed by atoms with van der Waals surface area (Å²) in [6.07, 6.45) is 3.06. The molecule has 0 radical (unpaired) electrons. The van der Waals surface area contributed by atoms with Gasteiger partial charge in [0.05, 0.1) is 37.4 Å². The zero-order valence-electron chi connectivity index (χ0n) is 16.5. The minimum absolute atomic E-state index is 0.221. The zero-order chi connectivity index (χ0) is 21.1. The van der Waals surface area contributed by atoms with Gasteiger partial charge in [-0.2, -0.15) is 0 Å². The van der Waals surface area contributed by atoms with E-state index in [0.29, 0.717) is 39.3 Å². The molecule has 0 fully saturated rings. The van der Waals surface area contributed by atoms with Crippen molar-refractivity contribution in [3.8, 4) is 17.3 Å². The number of nitrogens with zero attached hydrogens (tertiary/aromatic N) is 2. The van der Waals surface area contributed by atoms with Crippen molar-refractivity contribution in [2.24, 2.45) is 0 Å². The highest BCUT2D eigenvalue weighted by Gasteiger charge is 2.16. The molecule has 30 heavy (non-hydrogen) atoms. The Kier molecular flexibility index (Phi) is 5.17. The van der Waals surface area contributed by atoms with E-state index in [9.17, 15) is 9.59 Å². The van der Waals surface area contributed by atoms with Crippen LogP contribution in [0.25, 0.3) is 16.5 Å². The Morgan fingerprint density at radius 2 is 1.77 bits per heavy atom. The molecule has 1 amide bonds. The number of carbonyl (C=O) groups is 1. The third-order valence-electron chi connectivity index (χ3n) is 4.70. The lowest BCUT2D eigenvalue weighted by Crippen LogP contribution is -2.22. The van der Waals surface area contributed by atoms with Gasteiger partial charge < -0.3 is 14.8 Å².